The van der Waals surface area contributed by atoms with Gasteiger partial charge in [0.05, 0.1) is 13.2 Å². The molecule has 0 saturated heterocycles. The van der Waals surface area contributed by atoms with E-state index >= 15 is 0 Å². The van der Waals surface area contributed by atoms with Crippen LogP contribution >= 0.6 is 7.82 Å². The van der Waals surface area contributed by atoms with E-state index in [1.165, 1.54) is 0 Å². The van der Waals surface area contributed by atoms with Gasteiger partial charge in [0.2, 0.25) is 0 Å². The van der Waals surface area contributed by atoms with Gasteiger partial charge in [-0.3, -0.25) is 13.8 Å². The zero-order chi connectivity index (χ0) is 38.1. The second-order valence-corrected chi connectivity index (χ2v) is 13.4. The van der Waals surface area contributed by atoms with Gasteiger partial charge in [0.25, 0.3) is 0 Å². The molecule has 0 amide bonds. The van der Waals surface area contributed by atoms with E-state index in [1.807, 2.05) is 0 Å². The Hall–Kier alpha value is -3.10. The second-order valence-electron chi connectivity index (χ2n) is 11.9. The molecular weight excluding hydrogens is 673 g/mol. The third-order valence-corrected chi connectivity index (χ3v) is 8.08. The van der Waals surface area contributed by atoms with E-state index in [0.717, 1.165) is 89.9 Å². The van der Waals surface area contributed by atoms with Gasteiger partial charge in [-0.1, -0.05) is 141 Å². The number of phosphoric acid groups is 1. The van der Waals surface area contributed by atoms with Gasteiger partial charge in [0.1, 0.15) is 12.7 Å². The van der Waals surface area contributed by atoms with Gasteiger partial charge >= 0.3 is 13.8 Å². The summed E-state index contributed by atoms with van der Waals surface area (Å²) in [5, 5.41) is 9.75. The maximum Gasteiger partial charge on any atom is 0.472 e. The van der Waals surface area contributed by atoms with Crippen molar-refractivity contribution in [1.29, 1.82) is 0 Å². The minimum atomic E-state index is -4.27. The van der Waals surface area contributed by atoms with Crippen molar-refractivity contribution >= 4 is 13.8 Å². The maximum atomic E-state index is 11.8. The van der Waals surface area contributed by atoms with Gasteiger partial charge in [-0.25, -0.2) is 4.57 Å². The predicted molar refractivity (Wildman–Crippen MR) is 219 cm³/mol. The van der Waals surface area contributed by atoms with Crippen molar-refractivity contribution in [3.63, 3.8) is 0 Å². The van der Waals surface area contributed by atoms with E-state index < -0.39 is 26.5 Å². The number of esters is 1. The summed E-state index contributed by atoms with van der Waals surface area (Å²) in [4.78, 5) is 21.2. The number of carbonyl (C=O) groups excluding carboxylic acids is 1. The highest BCUT2D eigenvalue weighted by Crippen LogP contribution is 2.42. The van der Waals surface area contributed by atoms with E-state index in [0.29, 0.717) is 6.42 Å². The number of aliphatic hydroxyl groups is 1. The van der Waals surface area contributed by atoms with Gasteiger partial charge in [-0.15, -0.1) is 0 Å². The van der Waals surface area contributed by atoms with Crippen LogP contribution in [0, 0.1) is 0 Å². The Morgan fingerprint density at radius 1 is 0.577 bits per heavy atom. The molecule has 0 aromatic heterocycles. The van der Waals surface area contributed by atoms with E-state index in [1.54, 1.807) is 0 Å². The van der Waals surface area contributed by atoms with Crippen LogP contribution in [0.25, 0.3) is 0 Å². The van der Waals surface area contributed by atoms with Gasteiger partial charge in [-0.05, 0) is 83.5 Å². The minimum absolute atomic E-state index is 0.0637. The van der Waals surface area contributed by atoms with E-state index in [4.69, 9.17) is 10.5 Å². The molecule has 2 atom stereocenters. The number of allylic oxidation sites excluding steroid dienone is 20. The summed E-state index contributed by atoms with van der Waals surface area (Å²) in [5.41, 5.74) is 5.19. The number of rotatable bonds is 34. The van der Waals surface area contributed by atoms with Gasteiger partial charge in [-0.2, -0.15) is 0 Å². The molecule has 0 fully saturated rings. The summed E-state index contributed by atoms with van der Waals surface area (Å²) in [6.45, 7) is 1.28. The fourth-order valence-electron chi connectivity index (χ4n) is 4.30. The average Bonchev–Trinajstić information content (AvgIpc) is 3.14. The summed E-state index contributed by atoms with van der Waals surface area (Å²) in [6, 6.07) is 0. The molecule has 0 radical (unpaired) electrons. The molecule has 0 aliphatic heterocycles. The monoisotopic (exact) mass is 741 g/mol. The van der Waals surface area contributed by atoms with Crippen molar-refractivity contribution in [2.45, 2.75) is 116 Å². The average molecular weight is 742 g/mol. The normalized spacial score (nSPS) is 14.9. The Labute approximate surface area is 315 Å². The number of nitrogens with two attached hydrogens (primary N) is 1. The Balaban J connectivity index is 3.64. The first-order valence-electron chi connectivity index (χ1n) is 19.1. The van der Waals surface area contributed by atoms with E-state index in [-0.39, 0.29) is 26.2 Å². The third-order valence-electron chi connectivity index (χ3n) is 7.09. The minimum Gasteiger partial charge on any atom is -0.463 e. The molecule has 0 aliphatic carbocycles. The smallest absolute Gasteiger partial charge is 0.463 e. The largest absolute Gasteiger partial charge is 0.472 e. The van der Waals surface area contributed by atoms with Crippen LogP contribution in [0.5, 0.6) is 0 Å². The van der Waals surface area contributed by atoms with Crippen LogP contribution in [0.1, 0.15) is 110 Å². The van der Waals surface area contributed by atoms with Crippen LogP contribution in [0.15, 0.2) is 122 Å². The fourth-order valence-corrected chi connectivity index (χ4v) is 5.07. The number of carbonyl (C=O) groups is 1. The van der Waals surface area contributed by atoms with Gasteiger partial charge in [0, 0.05) is 13.0 Å². The van der Waals surface area contributed by atoms with Crippen LogP contribution < -0.4 is 5.73 Å². The number of phosphoric ester groups is 1. The van der Waals surface area contributed by atoms with Crippen LogP contribution in [0.4, 0.5) is 0 Å². The lowest BCUT2D eigenvalue weighted by atomic mass is 10.1. The van der Waals surface area contributed by atoms with Crippen molar-refractivity contribution in [1.82, 2.24) is 0 Å². The molecule has 0 rings (SSSR count). The standard InChI is InChI=1S/C43H68NO7P/c1-2-3-4-5-6-7-8-9-10-11-12-13-14-15-16-17-18-19-20-21-22-23-24-25-26-27-28-29-30-31-32-33-34-35-36-37-43(46)49-40-42(45)41-51-52(47,48)50-39-38-44/h3-4,6-7,9-10,12-13,15-16,18-19,21-22,24-25,27-28,30-31,42,45H,2,5,8,11,14,17,20,23,26,29,32-41,44H2,1H3,(H,47,48)/b4-3-,7-6-,10-9-,13-12-,16-15-,19-18-,22-21-,25-24-,28-27-,31-30-. The first-order chi connectivity index (χ1) is 25.4. The van der Waals surface area contributed by atoms with Gasteiger partial charge < -0.3 is 20.5 Å². The Morgan fingerprint density at radius 3 is 1.37 bits per heavy atom. The number of hydrogen-bond acceptors (Lipinski definition) is 7. The molecule has 0 heterocycles. The molecule has 0 bridgehead atoms. The lowest BCUT2D eigenvalue weighted by molar-refractivity contribution is -0.147. The van der Waals surface area contributed by atoms with Crippen LogP contribution in [-0.2, 0) is 23.1 Å². The van der Waals surface area contributed by atoms with Crippen molar-refractivity contribution in [3.05, 3.63) is 122 Å². The number of hydrogen-bond donors (Lipinski definition) is 3. The van der Waals surface area contributed by atoms with Crippen LogP contribution in [0.3, 0.4) is 0 Å². The summed E-state index contributed by atoms with van der Waals surface area (Å²) >= 11 is 0. The van der Waals surface area contributed by atoms with Crippen molar-refractivity contribution in [3.8, 4) is 0 Å². The highest BCUT2D eigenvalue weighted by molar-refractivity contribution is 7.47. The first kappa shape index (κ1) is 48.9. The molecule has 0 aromatic carbocycles. The molecule has 0 aliphatic rings. The molecule has 0 aromatic rings. The van der Waals surface area contributed by atoms with Crippen LogP contribution in [-0.4, -0.2) is 48.4 Å². The lowest BCUT2D eigenvalue weighted by Crippen LogP contribution is -2.23. The molecule has 292 valence electrons. The molecular formula is C43H68NO7P. The quantitative estimate of drug-likeness (QED) is 0.0257. The Morgan fingerprint density at radius 2 is 0.962 bits per heavy atom. The molecule has 9 heteroatoms. The Kier molecular flexibility index (Phi) is 36.8. The summed E-state index contributed by atoms with van der Waals surface area (Å²) in [5.74, 6) is -0.416. The maximum absolute atomic E-state index is 11.8. The summed E-state index contributed by atoms with van der Waals surface area (Å²) in [6.07, 6.45) is 57.9. The number of aliphatic hydroxyl groups excluding tert-OH is 1. The first-order valence-corrected chi connectivity index (χ1v) is 20.6. The van der Waals surface area contributed by atoms with Crippen LogP contribution in [0.2, 0.25) is 0 Å². The molecule has 0 saturated carbocycles. The molecule has 52 heavy (non-hydrogen) atoms. The highest BCUT2D eigenvalue weighted by Gasteiger charge is 2.22. The van der Waals surface area contributed by atoms with E-state index in [2.05, 4.69) is 137 Å². The van der Waals surface area contributed by atoms with Crippen molar-refractivity contribution < 1.29 is 33.1 Å². The topological polar surface area (TPSA) is 128 Å². The van der Waals surface area contributed by atoms with Crippen molar-refractivity contribution in [2.24, 2.45) is 5.73 Å². The Bertz CT molecular complexity index is 1190. The SMILES string of the molecule is CC/C=C\C/C=C\C/C=C\C/C=C\C/C=C\C/C=C\C/C=C\C/C=C\C/C=C\C/C=C\CCCCCCC(=O)OCC(O)COP(=O)(O)OCCN. The lowest BCUT2D eigenvalue weighted by Gasteiger charge is -2.15. The molecule has 0 spiro atoms. The zero-order valence-corrected chi connectivity index (χ0v) is 32.6. The predicted octanol–water partition coefficient (Wildman–Crippen LogP) is 10.8. The number of ether oxygens (including phenoxy) is 1. The van der Waals surface area contributed by atoms with E-state index in [9.17, 15) is 19.4 Å². The molecule has 2 unspecified atom stereocenters. The number of unbranched alkanes of at least 4 members (excludes halogenated alkanes) is 4. The molecule has 8 nitrogen and oxygen atoms in total. The second kappa shape index (κ2) is 39.1. The zero-order valence-electron chi connectivity index (χ0n) is 31.7. The summed E-state index contributed by atoms with van der Waals surface area (Å²) < 4.78 is 25.7. The fraction of sp³-hybridized carbons (Fsp3) is 0.512. The van der Waals surface area contributed by atoms with Gasteiger partial charge in [0.15, 0.2) is 0 Å². The summed E-state index contributed by atoms with van der Waals surface area (Å²) in [7, 11) is -4.27. The highest BCUT2D eigenvalue weighted by atomic mass is 31.2. The molecule has 4 N–H and O–H groups in total. The third kappa shape index (κ3) is 39.7. The van der Waals surface area contributed by atoms with Crippen molar-refractivity contribution in [2.75, 3.05) is 26.4 Å².